The maximum Gasteiger partial charge on any atom is 0.0349 e. The molecule has 0 saturated carbocycles. The number of hydrogen-bond acceptors (Lipinski definition) is 3. The molecule has 1 atom stereocenters. The van der Waals surface area contributed by atoms with Gasteiger partial charge >= 0.3 is 0 Å². The molecule has 2 aromatic rings. The van der Waals surface area contributed by atoms with Gasteiger partial charge in [0.1, 0.15) is 0 Å². The molecule has 0 spiro atoms. The van der Waals surface area contributed by atoms with Gasteiger partial charge in [0.15, 0.2) is 0 Å². The van der Waals surface area contributed by atoms with Gasteiger partial charge in [-0.3, -0.25) is 4.90 Å². The molecule has 2 rings (SSSR count). The highest BCUT2D eigenvalue weighted by atomic mass is 32.1. The first kappa shape index (κ1) is 15.5. The molecule has 0 bridgehead atoms. The molecule has 0 aliphatic carbocycles. The summed E-state index contributed by atoms with van der Waals surface area (Å²) >= 11 is 1.83. The van der Waals surface area contributed by atoms with Gasteiger partial charge in [0, 0.05) is 28.7 Å². The smallest absolute Gasteiger partial charge is 0.0349 e. The maximum absolute atomic E-state index is 5.94. The average molecular weight is 290 g/mol. The molecule has 0 fully saturated rings. The molecular formula is C17H26N2S. The Balaban J connectivity index is 2.33. The zero-order valence-electron chi connectivity index (χ0n) is 13.2. The number of nitrogens with two attached hydrogens (primary N) is 1. The third-order valence-electron chi connectivity index (χ3n) is 4.29. The highest BCUT2D eigenvalue weighted by Gasteiger charge is 2.25. The summed E-state index contributed by atoms with van der Waals surface area (Å²) in [5, 5.41) is 1.37. The van der Waals surface area contributed by atoms with Crippen molar-refractivity contribution in [1.82, 2.24) is 4.90 Å². The molecule has 2 nitrogen and oxygen atoms in total. The van der Waals surface area contributed by atoms with Crippen molar-refractivity contribution in [1.29, 1.82) is 0 Å². The van der Waals surface area contributed by atoms with E-state index < -0.39 is 0 Å². The van der Waals surface area contributed by atoms with Gasteiger partial charge in [-0.1, -0.05) is 39.0 Å². The van der Waals surface area contributed by atoms with E-state index in [9.17, 15) is 0 Å². The topological polar surface area (TPSA) is 29.3 Å². The van der Waals surface area contributed by atoms with E-state index in [1.54, 1.807) is 0 Å². The van der Waals surface area contributed by atoms with E-state index in [4.69, 9.17) is 5.73 Å². The lowest BCUT2D eigenvalue weighted by Gasteiger charge is -2.35. The zero-order chi connectivity index (χ0) is 14.9. The van der Waals surface area contributed by atoms with Crippen molar-refractivity contribution >= 4 is 21.4 Å². The summed E-state index contributed by atoms with van der Waals surface area (Å²) < 4.78 is 1.35. The van der Waals surface area contributed by atoms with E-state index in [0.29, 0.717) is 12.6 Å². The molecule has 1 unspecified atom stereocenters. The van der Waals surface area contributed by atoms with Gasteiger partial charge in [-0.15, -0.1) is 11.3 Å². The van der Waals surface area contributed by atoms with Crippen LogP contribution in [-0.4, -0.2) is 18.0 Å². The third-order valence-corrected chi connectivity index (χ3v) is 5.52. The molecule has 20 heavy (non-hydrogen) atoms. The van der Waals surface area contributed by atoms with Crippen LogP contribution in [0.25, 0.3) is 10.1 Å². The zero-order valence-corrected chi connectivity index (χ0v) is 14.1. The van der Waals surface area contributed by atoms with Crippen LogP contribution in [-0.2, 0) is 13.1 Å². The quantitative estimate of drug-likeness (QED) is 0.913. The van der Waals surface area contributed by atoms with Crippen molar-refractivity contribution in [3.63, 3.8) is 0 Å². The Morgan fingerprint density at radius 3 is 2.50 bits per heavy atom. The lowest BCUT2D eigenvalue weighted by Crippen LogP contribution is -2.38. The third kappa shape index (κ3) is 3.05. The number of nitrogens with zero attached hydrogens (tertiary/aromatic N) is 1. The van der Waals surface area contributed by atoms with E-state index in [-0.39, 0.29) is 5.41 Å². The first-order valence-electron chi connectivity index (χ1n) is 7.24. The van der Waals surface area contributed by atoms with Gasteiger partial charge in [-0.2, -0.15) is 0 Å². The van der Waals surface area contributed by atoms with Gasteiger partial charge in [-0.05, 0) is 36.4 Å². The molecule has 3 heteroatoms. The molecule has 110 valence electrons. The number of benzene rings is 1. The first-order valence-corrected chi connectivity index (χ1v) is 8.06. The number of hydrogen-bond donors (Lipinski definition) is 1. The Kier molecular flexibility index (Phi) is 4.52. The lowest BCUT2D eigenvalue weighted by atomic mass is 9.87. The Bertz CT molecular complexity index is 580. The summed E-state index contributed by atoms with van der Waals surface area (Å²) in [6.45, 7) is 10.8. The fourth-order valence-corrected chi connectivity index (χ4v) is 3.63. The summed E-state index contributed by atoms with van der Waals surface area (Å²) in [7, 11) is 2.21. The van der Waals surface area contributed by atoms with E-state index >= 15 is 0 Å². The molecule has 2 N–H and O–H groups in total. The maximum atomic E-state index is 5.94. The molecule has 0 aliphatic rings. The predicted molar refractivity (Wildman–Crippen MR) is 90.1 cm³/mol. The van der Waals surface area contributed by atoms with Gasteiger partial charge in [-0.25, -0.2) is 0 Å². The highest BCUT2D eigenvalue weighted by Crippen LogP contribution is 2.33. The highest BCUT2D eigenvalue weighted by molar-refractivity contribution is 7.19. The number of fused-ring (bicyclic) bond motifs is 1. The molecule has 0 amide bonds. The summed E-state index contributed by atoms with van der Waals surface area (Å²) in [5.74, 6) is 0. The van der Waals surface area contributed by atoms with Gasteiger partial charge < -0.3 is 5.73 Å². The number of thiophene rings is 1. The second-order valence-corrected chi connectivity index (χ2v) is 7.80. The van der Waals surface area contributed by atoms with Crippen LogP contribution in [0.15, 0.2) is 24.3 Å². The van der Waals surface area contributed by atoms with Crippen molar-refractivity contribution in [3.05, 3.63) is 34.7 Å². The summed E-state index contributed by atoms with van der Waals surface area (Å²) in [6.07, 6.45) is 0. The van der Waals surface area contributed by atoms with Gasteiger partial charge in [0.25, 0.3) is 0 Å². The van der Waals surface area contributed by atoms with Crippen molar-refractivity contribution in [3.8, 4) is 0 Å². The normalized spacial score (nSPS) is 14.2. The minimum absolute atomic E-state index is 0.281. The molecule has 1 aromatic carbocycles. The van der Waals surface area contributed by atoms with Crippen LogP contribution in [0.2, 0.25) is 0 Å². The van der Waals surface area contributed by atoms with E-state index in [1.165, 1.54) is 20.5 Å². The Morgan fingerprint density at radius 1 is 1.25 bits per heavy atom. The van der Waals surface area contributed by atoms with Crippen LogP contribution < -0.4 is 5.73 Å². The second kappa shape index (κ2) is 5.84. The Labute approximate surface area is 126 Å². The Morgan fingerprint density at radius 2 is 1.90 bits per heavy atom. The van der Waals surface area contributed by atoms with Crippen molar-refractivity contribution in [2.24, 2.45) is 11.1 Å². The Hall–Kier alpha value is -0.900. The SMILES string of the molecule is CC(N(C)Cc1c(CN)sc2ccccc12)C(C)(C)C. The summed E-state index contributed by atoms with van der Waals surface area (Å²) in [5.41, 5.74) is 7.63. The molecule has 1 aromatic heterocycles. The second-order valence-electron chi connectivity index (χ2n) is 6.66. The molecule has 0 aliphatic heterocycles. The molecular weight excluding hydrogens is 264 g/mol. The average Bonchev–Trinajstić information content (AvgIpc) is 2.75. The van der Waals surface area contributed by atoms with Crippen molar-refractivity contribution in [2.75, 3.05) is 7.05 Å². The predicted octanol–water partition coefficient (Wildman–Crippen LogP) is 4.23. The van der Waals surface area contributed by atoms with Crippen LogP contribution in [0.3, 0.4) is 0 Å². The molecule has 0 radical (unpaired) electrons. The van der Waals surface area contributed by atoms with Crippen LogP contribution in [0, 0.1) is 5.41 Å². The van der Waals surface area contributed by atoms with Crippen LogP contribution in [0.4, 0.5) is 0 Å². The lowest BCUT2D eigenvalue weighted by molar-refractivity contribution is 0.135. The fraction of sp³-hybridized carbons (Fsp3) is 0.529. The van der Waals surface area contributed by atoms with E-state index in [0.717, 1.165) is 6.54 Å². The fourth-order valence-electron chi connectivity index (χ4n) is 2.54. The molecule has 0 saturated heterocycles. The van der Waals surface area contributed by atoms with E-state index in [2.05, 4.69) is 63.9 Å². The summed E-state index contributed by atoms with van der Waals surface area (Å²) in [4.78, 5) is 3.76. The van der Waals surface area contributed by atoms with E-state index in [1.807, 2.05) is 11.3 Å². The van der Waals surface area contributed by atoms with Crippen LogP contribution in [0.1, 0.15) is 38.1 Å². The standard InChI is InChI=1S/C17H26N2S/c1-12(17(2,3)4)19(5)11-14-13-8-6-7-9-15(13)20-16(14)10-18/h6-9,12H,10-11,18H2,1-5H3. The summed E-state index contributed by atoms with van der Waals surface area (Å²) in [6, 6.07) is 9.15. The first-order chi connectivity index (χ1) is 9.34. The van der Waals surface area contributed by atoms with Crippen molar-refractivity contribution in [2.45, 2.75) is 46.8 Å². The van der Waals surface area contributed by atoms with Crippen molar-refractivity contribution < 1.29 is 0 Å². The van der Waals surface area contributed by atoms with Crippen LogP contribution in [0.5, 0.6) is 0 Å². The largest absolute Gasteiger partial charge is 0.326 e. The molecule has 1 heterocycles. The number of rotatable bonds is 4. The minimum Gasteiger partial charge on any atom is -0.326 e. The minimum atomic E-state index is 0.281. The van der Waals surface area contributed by atoms with Gasteiger partial charge in [0.05, 0.1) is 0 Å². The monoisotopic (exact) mass is 290 g/mol. The van der Waals surface area contributed by atoms with Crippen LogP contribution >= 0.6 is 11.3 Å². The van der Waals surface area contributed by atoms with Gasteiger partial charge in [0.2, 0.25) is 0 Å².